The molecule has 2 heteroatoms. The van der Waals surface area contributed by atoms with E-state index in [1.165, 1.54) is 25.8 Å². The van der Waals surface area contributed by atoms with Gasteiger partial charge in [0.1, 0.15) is 0 Å². The molecule has 1 unspecified atom stereocenters. The standard InChI is InChI=1S/C10H22N2/c1-4-9(11-5-2)8-12(3)10-6-7-10/h9-11H,4-8H2,1-3H3. The fourth-order valence-corrected chi connectivity index (χ4v) is 1.64. The number of nitrogens with zero attached hydrogens (tertiary/aromatic N) is 1. The molecular formula is C10H22N2. The van der Waals surface area contributed by atoms with E-state index in [4.69, 9.17) is 0 Å². The molecule has 1 atom stereocenters. The number of nitrogens with one attached hydrogen (secondary N) is 1. The van der Waals surface area contributed by atoms with Crippen LogP contribution in [0.5, 0.6) is 0 Å². The highest BCUT2D eigenvalue weighted by atomic mass is 15.2. The van der Waals surface area contributed by atoms with Gasteiger partial charge in [0.2, 0.25) is 0 Å². The molecular weight excluding hydrogens is 148 g/mol. The van der Waals surface area contributed by atoms with E-state index in [1.807, 2.05) is 0 Å². The van der Waals surface area contributed by atoms with Gasteiger partial charge in [-0.25, -0.2) is 0 Å². The Bertz CT molecular complexity index is 121. The van der Waals surface area contributed by atoms with Crippen molar-refractivity contribution in [2.45, 2.75) is 45.2 Å². The Balaban J connectivity index is 2.15. The zero-order valence-corrected chi connectivity index (χ0v) is 8.64. The molecule has 12 heavy (non-hydrogen) atoms. The fraction of sp³-hybridized carbons (Fsp3) is 1.00. The van der Waals surface area contributed by atoms with Gasteiger partial charge in [0.05, 0.1) is 0 Å². The molecule has 0 aromatic rings. The topological polar surface area (TPSA) is 15.3 Å². The summed E-state index contributed by atoms with van der Waals surface area (Å²) in [5, 5.41) is 3.50. The predicted molar refractivity (Wildman–Crippen MR) is 53.4 cm³/mol. The summed E-state index contributed by atoms with van der Waals surface area (Å²) in [5.41, 5.74) is 0. The zero-order valence-electron chi connectivity index (χ0n) is 8.64. The molecule has 1 fully saturated rings. The third-order valence-electron chi connectivity index (χ3n) is 2.66. The second kappa shape index (κ2) is 4.83. The Morgan fingerprint density at radius 2 is 2.08 bits per heavy atom. The number of hydrogen-bond acceptors (Lipinski definition) is 2. The summed E-state index contributed by atoms with van der Waals surface area (Å²) in [5.74, 6) is 0. The summed E-state index contributed by atoms with van der Waals surface area (Å²) in [6, 6.07) is 1.60. The van der Waals surface area contributed by atoms with Crippen LogP contribution in [0, 0.1) is 0 Å². The molecule has 0 saturated heterocycles. The van der Waals surface area contributed by atoms with Gasteiger partial charge in [0.15, 0.2) is 0 Å². The van der Waals surface area contributed by atoms with Crippen LogP contribution in [-0.4, -0.2) is 37.1 Å². The maximum Gasteiger partial charge on any atom is 0.0192 e. The lowest BCUT2D eigenvalue weighted by atomic mass is 10.2. The maximum absolute atomic E-state index is 3.50. The van der Waals surface area contributed by atoms with Gasteiger partial charge in [-0.15, -0.1) is 0 Å². The van der Waals surface area contributed by atoms with E-state index < -0.39 is 0 Å². The fourth-order valence-electron chi connectivity index (χ4n) is 1.64. The van der Waals surface area contributed by atoms with Crippen molar-refractivity contribution >= 4 is 0 Å². The van der Waals surface area contributed by atoms with E-state index in [0.29, 0.717) is 6.04 Å². The predicted octanol–water partition coefficient (Wildman–Crippen LogP) is 1.47. The van der Waals surface area contributed by atoms with Crippen molar-refractivity contribution in [2.75, 3.05) is 20.1 Å². The van der Waals surface area contributed by atoms with Gasteiger partial charge < -0.3 is 10.2 Å². The highest BCUT2D eigenvalue weighted by Crippen LogP contribution is 2.25. The smallest absolute Gasteiger partial charge is 0.0192 e. The first-order chi connectivity index (χ1) is 5.77. The number of likely N-dealkylation sites (N-methyl/N-ethyl adjacent to an activating group) is 2. The van der Waals surface area contributed by atoms with Crippen molar-refractivity contribution in [1.82, 2.24) is 10.2 Å². The molecule has 0 aromatic carbocycles. The Morgan fingerprint density at radius 1 is 1.42 bits per heavy atom. The lowest BCUT2D eigenvalue weighted by Gasteiger charge is -2.23. The Hall–Kier alpha value is -0.0800. The van der Waals surface area contributed by atoms with Crippen LogP contribution in [0.3, 0.4) is 0 Å². The van der Waals surface area contributed by atoms with Crippen LogP contribution in [0.4, 0.5) is 0 Å². The molecule has 72 valence electrons. The van der Waals surface area contributed by atoms with Gasteiger partial charge in [-0.3, -0.25) is 0 Å². The van der Waals surface area contributed by atoms with Gasteiger partial charge in [-0.1, -0.05) is 13.8 Å². The molecule has 0 aliphatic heterocycles. The highest BCUT2D eigenvalue weighted by Gasteiger charge is 2.26. The van der Waals surface area contributed by atoms with E-state index in [0.717, 1.165) is 12.6 Å². The largest absolute Gasteiger partial charge is 0.313 e. The van der Waals surface area contributed by atoms with Gasteiger partial charge in [0.25, 0.3) is 0 Å². The third kappa shape index (κ3) is 3.11. The Kier molecular flexibility index (Phi) is 4.02. The van der Waals surface area contributed by atoms with Crippen LogP contribution >= 0.6 is 0 Å². The van der Waals surface area contributed by atoms with Crippen molar-refractivity contribution in [3.63, 3.8) is 0 Å². The summed E-state index contributed by atoms with van der Waals surface area (Å²) in [6.45, 7) is 6.75. The van der Waals surface area contributed by atoms with Crippen LogP contribution in [-0.2, 0) is 0 Å². The molecule has 0 amide bonds. The highest BCUT2D eigenvalue weighted by molar-refractivity contribution is 4.84. The minimum atomic E-state index is 0.695. The van der Waals surface area contributed by atoms with Crippen molar-refractivity contribution in [2.24, 2.45) is 0 Å². The molecule has 0 bridgehead atoms. The van der Waals surface area contributed by atoms with E-state index in [2.05, 4.69) is 31.1 Å². The van der Waals surface area contributed by atoms with Crippen LogP contribution < -0.4 is 5.32 Å². The van der Waals surface area contributed by atoms with Crippen molar-refractivity contribution in [3.05, 3.63) is 0 Å². The van der Waals surface area contributed by atoms with Crippen LogP contribution in [0.15, 0.2) is 0 Å². The van der Waals surface area contributed by atoms with Gasteiger partial charge >= 0.3 is 0 Å². The monoisotopic (exact) mass is 170 g/mol. The molecule has 0 radical (unpaired) electrons. The molecule has 1 aliphatic carbocycles. The van der Waals surface area contributed by atoms with E-state index >= 15 is 0 Å². The summed E-state index contributed by atoms with van der Waals surface area (Å²) in [6.07, 6.45) is 4.07. The SMILES string of the molecule is CCNC(CC)CN(C)C1CC1. The Morgan fingerprint density at radius 3 is 2.50 bits per heavy atom. The first kappa shape index (κ1) is 10.0. The quantitative estimate of drug-likeness (QED) is 0.649. The van der Waals surface area contributed by atoms with Gasteiger partial charge in [-0.2, -0.15) is 0 Å². The molecule has 1 N–H and O–H groups in total. The number of hydrogen-bond donors (Lipinski definition) is 1. The average molecular weight is 170 g/mol. The van der Waals surface area contributed by atoms with Crippen LogP contribution in [0.2, 0.25) is 0 Å². The second-order valence-electron chi connectivity index (χ2n) is 3.83. The summed E-state index contributed by atoms with van der Waals surface area (Å²) in [4.78, 5) is 2.50. The zero-order chi connectivity index (χ0) is 8.97. The molecule has 1 aliphatic rings. The van der Waals surface area contributed by atoms with Gasteiger partial charge in [0, 0.05) is 18.6 Å². The lowest BCUT2D eigenvalue weighted by Crippen LogP contribution is -2.39. The minimum Gasteiger partial charge on any atom is -0.313 e. The van der Waals surface area contributed by atoms with Crippen LogP contribution in [0.25, 0.3) is 0 Å². The molecule has 0 heterocycles. The van der Waals surface area contributed by atoms with Crippen molar-refractivity contribution in [3.8, 4) is 0 Å². The Labute approximate surface area is 76.3 Å². The molecule has 1 saturated carbocycles. The van der Waals surface area contributed by atoms with Crippen molar-refractivity contribution in [1.29, 1.82) is 0 Å². The average Bonchev–Trinajstić information content (AvgIpc) is 2.85. The number of rotatable bonds is 6. The van der Waals surface area contributed by atoms with Crippen LogP contribution in [0.1, 0.15) is 33.1 Å². The summed E-state index contributed by atoms with van der Waals surface area (Å²) in [7, 11) is 2.25. The first-order valence-electron chi connectivity index (χ1n) is 5.21. The normalized spacial score (nSPS) is 20.0. The molecule has 0 spiro atoms. The molecule has 0 aromatic heterocycles. The third-order valence-corrected chi connectivity index (χ3v) is 2.66. The second-order valence-corrected chi connectivity index (χ2v) is 3.83. The van der Waals surface area contributed by atoms with Gasteiger partial charge in [-0.05, 0) is 32.9 Å². The minimum absolute atomic E-state index is 0.695. The summed E-state index contributed by atoms with van der Waals surface area (Å²) < 4.78 is 0. The lowest BCUT2D eigenvalue weighted by molar-refractivity contribution is 0.277. The van der Waals surface area contributed by atoms with Crippen molar-refractivity contribution < 1.29 is 0 Å². The maximum atomic E-state index is 3.50. The van der Waals surface area contributed by atoms with E-state index in [-0.39, 0.29) is 0 Å². The van der Waals surface area contributed by atoms with E-state index in [9.17, 15) is 0 Å². The summed E-state index contributed by atoms with van der Waals surface area (Å²) >= 11 is 0. The molecule has 1 rings (SSSR count). The van der Waals surface area contributed by atoms with E-state index in [1.54, 1.807) is 0 Å². The molecule has 2 nitrogen and oxygen atoms in total. The first-order valence-corrected chi connectivity index (χ1v) is 5.21.